The first-order valence-corrected chi connectivity index (χ1v) is 9.58. The average Bonchev–Trinajstić information content (AvgIpc) is 3.08. The summed E-state index contributed by atoms with van der Waals surface area (Å²) in [5, 5.41) is 24.6. The van der Waals surface area contributed by atoms with Gasteiger partial charge in [-0.05, 0) is 43.2 Å². The van der Waals surface area contributed by atoms with Crippen LogP contribution >= 0.6 is 0 Å². The Balaban J connectivity index is 1.27. The molecular formula is C21H21N3O5. The molecule has 1 atom stereocenters. The molecule has 0 amide bonds. The van der Waals surface area contributed by atoms with E-state index in [4.69, 9.17) is 14.6 Å². The second-order valence-corrected chi connectivity index (χ2v) is 7.96. The summed E-state index contributed by atoms with van der Waals surface area (Å²) in [6, 6.07) is 8.29. The minimum absolute atomic E-state index is 0.196. The number of aliphatic hydroxyl groups is 1. The number of hydrogen-bond acceptors (Lipinski definition) is 6. The number of carboxylic acids is 1. The van der Waals surface area contributed by atoms with Crippen LogP contribution in [-0.4, -0.2) is 56.9 Å². The second-order valence-electron chi connectivity index (χ2n) is 7.96. The Bertz CT molecular complexity index is 1050. The van der Waals surface area contributed by atoms with Gasteiger partial charge < -0.3 is 19.7 Å². The Morgan fingerprint density at radius 1 is 1.28 bits per heavy atom. The Morgan fingerprint density at radius 2 is 2.03 bits per heavy atom. The highest BCUT2D eigenvalue weighted by atomic mass is 16.5. The van der Waals surface area contributed by atoms with Crippen LogP contribution < -0.4 is 0 Å². The van der Waals surface area contributed by atoms with Gasteiger partial charge in [0, 0.05) is 22.6 Å². The summed E-state index contributed by atoms with van der Waals surface area (Å²) in [5.41, 5.74) is 2.59. The summed E-state index contributed by atoms with van der Waals surface area (Å²) < 4.78 is 12.7. The lowest BCUT2D eigenvalue weighted by atomic mass is 9.65. The van der Waals surface area contributed by atoms with E-state index >= 15 is 0 Å². The molecule has 150 valence electrons. The lowest BCUT2D eigenvalue weighted by Gasteiger charge is -2.52. The minimum Gasteiger partial charge on any atom is -0.478 e. The molecule has 2 aliphatic rings. The number of carboxylic acid groups (broad SMARTS) is 1. The number of nitrogens with zero attached hydrogens (tertiary/aromatic N) is 3. The molecule has 2 fully saturated rings. The summed E-state index contributed by atoms with van der Waals surface area (Å²) in [5.74, 6) is -0.973. The molecule has 0 radical (unpaired) electrons. The van der Waals surface area contributed by atoms with Crippen LogP contribution in [-0.2, 0) is 9.47 Å². The Morgan fingerprint density at radius 3 is 2.69 bits per heavy atom. The number of fused-ring (bicyclic) bond motifs is 1. The van der Waals surface area contributed by atoms with Gasteiger partial charge >= 0.3 is 5.97 Å². The number of aliphatic hydroxyl groups excluding tert-OH is 1. The van der Waals surface area contributed by atoms with Gasteiger partial charge in [0.2, 0.25) is 0 Å². The van der Waals surface area contributed by atoms with E-state index in [9.17, 15) is 9.90 Å². The van der Waals surface area contributed by atoms with Gasteiger partial charge in [0.25, 0.3) is 0 Å². The second kappa shape index (κ2) is 6.91. The Hall–Kier alpha value is -2.81. The van der Waals surface area contributed by atoms with E-state index in [2.05, 4.69) is 10.1 Å². The van der Waals surface area contributed by atoms with Crippen molar-refractivity contribution >= 4 is 17.0 Å². The zero-order valence-corrected chi connectivity index (χ0v) is 15.7. The van der Waals surface area contributed by atoms with Crippen LogP contribution in [0.3, 0.4) is 0 Å². The van der Waals surface area contributed by atoms with Gasteiger partial charge in [0.05, 0.1) is 43.4 Å². The third-order valence-corrected chi connectivity index (χ3v) is 5.80. The summed E-state index contributed by atoms with van der Waals surface area (Å²) in [4.78, 5) is 15.5. The smallest absolute Gasteiger partial charge is 0.335 e. The van der Waals surface area contributed by atoms with Crippen molar-refractivity contribution < 1.29 is 24.5 Å². The summed E-state index contributed by atoms with van der Waals surface area (Å²) in [6.45, 7) is 1.90. The van der Waals surface area contributed by atoms with E-state index in [1.54, 1.807) is 29.2 Å². The molecule has 3 aromatic rings. The molecule has 1 aliphatic carbocycles. The van der Waals surface area contributed by atoms with Gasteiger partial charge in [-0.25, -0.2) is 14.5 Å². The van der Waals surface area contributed by atoms with Crippen molar-refractivity contribution in [3.05, 3.63) is 53.9 Å². The molecular weight excluding hydrogens is 374 g/mol. The predicted octanol–water partition coefficient (Wildman–Crippen LogP) is 2.35. The van der Waals surface area contributed by atoms with E-state index < -0.39 is 12.1 Å². The van der Waals surface area contributed by atoms with Crippen LogP contribution in [0.1, 0.15) is 34.9 Å². The molecule has 29 heavy (non-hydrogen) atoms. The Labute approximate surface area is 166 Å². The highest BCUT2D eigenvalue weighted by molar-refractivity contribution is 5.87. The van der Waals surface area contributed by atoms with Crippen molar-refractivity contribution in [3.8, 4) is 5.69 Å². The van der Waals surface area contributed by atoms with Crippen LogP contribution in [0.25, 0.3) is 16.7 Å². The van der Waals surface area contributed by atoms with Crippen LogP contribution in [0.5, 0.6) is 0 Å². The Kier molecular flexibility index (Phi) is 4.34. The molecule has 2 N–H and O–H groups in total. The van der Waals surface area contributed by atoms with Crippen LogP contribution in [0.15, 0.2) is 42.7 Å². The normalized spacial score (nSPS) is 19.1. The van der Waals surface area contributed by atoms with Crippen molar-refractivity contribution in [2.24, 2.45) is 5.41 Å². The molecule has 1 aliphatic heterocycles. The van der Waals surface area contributed by atoms with Crippen LogP contribution in [0.2, 0.25) is 0 Å². The predicted molar refractivity (Wildman–Crippen MR) is 103 cm³/mol. The maximum Gasteiger partial charge on any atom is 0.335 e. The molecule has 1 spiro atoms. The van der Waals surface area contributed by atoms with Gasteiger partial charge in [0.15, 0.2) is 5.65 Å². The zero-order valence-electron chi connectivity index (χ0n) is 15.7. The maximum atomic E-state index is 11.0. The summed E-state index contributed by atoms with van der Waals surface area (Å²) >= 11 is 0. The molecule has 8 heteroatoms. The number of ether oxygens (including phenoxy) is 2. The first-order chi connectivity index (χ1) is 14.0. The van der Waals surface area contributed by atoms with E-state index in [1.807, 2.05) is 6.07 Å². The first-order valence-electron chi connectivity index (χ1n) is 9.58. The van der Waals surface area contributed by atoms with Gasteiger partial charge in [0.1, 0.15) is 6.10 Å². The molecule has 1 saturated carbocycles. The molecule has 0 bridgehead atoms. The van der Waals surface area contributed by atoms with Gasteiger partial charge in [-0.15, -0.1) is 0 Å². The number of benzene rings is 1. The largest absolute Gasteiger partial charge is 0.478 e. The van der Waals surface area contributed by atoms with Crippen LogP contribution in [0, 0.1) is 5.41 Å². The van der Waals surface area contributed by atoms with Crippen molar-refractivity contribution in [2.45, 2.75) is 25.0 Å². The minimum atomic E-state index is -0.973. The number of hydrogen-bond donors (Lipinski definition) is 2. The maximum absolute atomic E-state index is 11.0. The van der Waals surface area contributed by atoms with E-state index in [0.717, 1.165) is 31.4 Å². The molecule has 3 heterocycles. The quantitative estimate of drug-likeness (QED) is 0.660. The molecule has 1 aromatic carbocycles. The van der Waals surface area contributed by atoms with Crippen molar-refractivity contribution in [3.63, 3.8) is 0 Å². The third-order valence-electron chi connectivity index (χ3n) is 5.80. The van der Waals surface area contributed by atoms with Crippen molar-refractivity contribution in [1.82, 2.24) is 14.8 Å². The monoisotopic (exact) mass is 395 g/mol. The topological polar surface area (TPSA) is 107 Å². The molecule has 5 rings (SSSR count). The standard InChI is InChI=1S/C21H21N3O5/c25-18(10-29-17-6-21(7-17)11-28-12-21)14-5-15-9-23-24(19(15)22-8-14)16-3-1-13(2-4-16)20(26)27/h1-5,8-9,17-18,25H,6-7,10-12H2,(H,26,27). The van der Waals surface area contributed by atoms with Crippen LogP contribution in [0.4, 0.5) is 0 Å². The van der Waals surface area contributed by atoms with E-state index in [1.165, 1.54) is 12.1 Å². The number of pyridine rings is 1. The lowest BCUT2D eigenvalue weighted by Crippen LogP contribution is -2.55. The fourth-order valence-corrected chi connectivity index (χ4v) is 4.03. The van der Waals surface area contributed by atoms with Gasteiger partial charge in [-0.3, -0.25) is 0 Å². The number of rotatable bonds is 6. The fraction of sp³-hybridized carbons (Fsp3) is 0.381. The summed E-state index contributed by atoms with van der Waals surface area (Å²) in [7, 11) is 0. The number of aromatic nitrogens is 3. The first kappa shape index (κ1) is 18.2. The average molecular weight is 395 g/mol. The molecule has 8 nitrogen and oxygen atoms in total. The van der Waals surface area contributed by atoms with Crippen molar-refractivity contribution in [1.29, 1.82) is 0 Å². The van der Waals surface area contributed by atoms with Gasteiger partial charge in [-0.2, -0.15) is 5.10 Å². The highest BCUT2D eigenvalue weighted by Gasteiger charge is 2.50. The van der Waals surface area contributed by atoms with E-state index in [-0.39, 0.29) is 18.3 Å². The SMILES string of the molecule is O=C(O)c1ccc(-n2ncc3cc(C(O)COC4CC5(COC5)C4)cnc32)cc1. The lowest BCUT2D eigenvalue weighted by molar-refractivity contribution is -0.213. The zero-order chi connectivity index (χ0) is 20.0. The molecule has 2 aromatic heterocycles. The van der Waals surface area contributed by atoms with E-state index in [0.29, 0.717) is 22.3 Å². The van der Waals surface area contributed by atoms with Crippen molar-refractivity contribution in [2.75, 3.05) is 19.8 Å². The number of carbonyl (C=O) groups is 1. The summed E-state index contributed by atoms with van der Waals surface area (Å²) in [6.07, 6.45) is 4.76. The number of aromatic carboxylic acids is 1. The van der Waals surface area contributed by atoms with Gasteiger partial charge in [-0.1, -0.05) is 0 Å². The highest BCUT2D eigenvalue weighted by Crippen LogP contribution is 2.48. The fourth-order valence-electron chi connectivity index (χ4n) is 4.03. The molecule has 1 unspecified atom stereocenters. The molecule has 1 saturated heterocycles. The third kappa shape index (κ3) is 3.29.